The molecule has 210 valence electrons. The van der Waals surface area contributed by atoms with Crippen LogP contribution >= 0.6 is 0 Å². The van der Waals surface area contributed by atoms with Crippen LogP contribution in [0.3, 0.4) is 0 Å². The first-order valence-electron chi connectivity index (χ1n) is 15.0. The molecule has 2 heterocycles. The van der Waals surface area contributed by atoms with E-state index in [1.165, 1.54) is 21.5 Å². The normalized spacial score (nSPS) is 11.6. The van der Waals surface area contributed by atoms with Crippen molar-refractivity contribution in [3.63, 3.8) is 0 Å². The van der Waals surface area contributed by atoms with E-state index in [0.29, 0.717) is 17.5 Å². The summed E-state index contributed by atoms with van der Waals surface area (Å²) in [6, 6.07) is 52.2. The van der Waals surface area contributed by atoms with Crippen molar-refractivity contribution < 1.29 is 4.42 Å². The molecule has 4 heteroatoms. The van der Waals surface area contributed by atoms with Crippen molar-refractivity contribution in [2.75, 3.05) is 0 Å². The van der Waals surface area contributed by atoms with Gasteiger partial charge in [-0.05, 0) is 56.9 Å². The zero-order valence-corrected chi connectivity index (χ0v) is 24.2. The summed E-state index contributed by atoms with van der Waals surface area (Å²) in [5.41, 5.74) is 6.57. The number of hydrogen-bond acceptors (Lipinski definition) is 4. The predicted molar refractivity (Wildman–Crippen MR) is 184 cm³/mol. The summed E-state index contributed by atoms with van der Waals surface area (Å²) in [5, 5.41) is 6.84. The standard InChI is InChI=1S/C41H25N3O/c1-3-13-26(14-4-1)39-42-40(27-15-5-2-6-16-27)44-41(43-39)35-24-29(25-37-38(35)33-21-11-12-22-36(33)45-37)34-23-28-17-7-8-18-30(28)31-19-9-10-20-32(31)34/h1-25H. The highest BCUT2D eigenvalue weighted by Crippen LogP contribution is 2.42. The molecule has 0 radical (unpaired) electrons. The molecule has 7 aromatic carbocycles. The third-order valence-electron chi connectivity index (χ3n) is 8.50. The van der Waals surface area contributed by atoms with Gasteiger partial charge in [0.25, 0.3) is 0 Å². The number of fused-ring (bicyclic) bond motifs is 6. The van der Waals surface area contributed by atoms with E-state index in [-0.39, 0.29) is 0 Å². The van der Waals surface area contributed by atoms with Crippen LogP contribution in [0.4, 0.5) is 0 Å². The van der Waals surface area contributed by atoms with Crippen molar-refractivity contribution in [2.24, 2.45) is 0 Å². The van der Waals surface area contributed by atoms with Gasteiger partial charge >= 0.3 is 0 Å². The molecule has 4 nitrogen and oxygen atoms in total. The lowest BCUT2D eigenvalue weighted by Gasteiger charge is -2.13. The van der Waals surface area contributed by atoms with Gasteiger partial charge in [-0.2, -0.15) is 0 Å². The highest BCUT2D eigenvalue weighted by Gasteiger charge is 2.20. The number of benzene rings is 7. The van der Waals surface area contributed by atoms with Crippen LogP contribution in [-0.2, 0) is 0 Å². The van der Waals surface area contributed by atoms with Crippen molar-refractivity contribution in [3.8, 4) is 45.3 Å². The Morgan fingerprint density at radius 1 is 0.356 bits per heavy atom. The van der Waals surface area contributed by atoms with Crippen molar-refractivity contribution in [1.82, 2.24) is 15.0 Å². The quantitative estimate of drug-likeness (QED) is 0.196. The van der Waals surface area contributed by atoms with Gasteiger partial charge in [-0.3, -0.25) is 0 Å². The summed E-state index contributed by atoms with van der Waals surface area (Å²) in [6.45, 7) is 0. The Hall–Kier alpha value is -6.13. The van der Waals surface area contributed by atoms with Gasteiger partial charge in [0.15, 0.2) is 17.5 Å². The molecule has 2 aromatic heterocycles. The molecule has 0 bridgehead atoms. The fourth-order valence-corrected chi connectivity index (χ4v) is 6.41. The summed E-state index contributed by atoms with van der Waals surface area (Å²) >= 11 is 0. The van der Waals surface area contributed by atoms with Crippen LogP contribution in [0.15, 0.2) is 156 Å². The van der Waals surface area contributed by atoms with Gasteiger partial charge in [-0.15, -0.1) is 0 Å². The van der Waals surface area contributed by atoms with E-state index in [4.69, 9.17) is 19.4 Å². The Balaban J connectivity index is 1.38. The predicted octanol–water partition coefficient (Wildman–Crippen LogP) is 10.7. The highest BCUT2D eigenvalue weighted by atomic mass is 16.3. The first-order valence-corrected chi connectivity index (χ1v) is 15.0. The lowest BCUT2D eigenvalue weighted by molar-refractivity contribution is 0.669. The maximum Gasteiger partial charge on any atom is 0.164 e. The second-order valence-electron chi connectivity index (χ2n) is 11.2. The molecule has 0 aliphatic heterocycles. The molecular formula is C41H25N3O. The van der Waals surface area contributed by atoms with Crippen LogP contribution in [0.5, 0.6) is 0 Å². The smallest absolute Gasteiger partial charge is 0.164 e. The minimum Gasteiger partial charge on any atom is -0.456 e. The molecule has 0 aliphatic carbocycles. The molecule has 0 saturated heterocycles. The van der Waals surface area contributed by atoms with Crippen LogP contribution in [0.2, 0.25) is 0 Å². The summed E-state index contributed by atoms with van der Waals surface area (Å²) in [7, 11) is 0. The number of rotatable bonds is 4. The van der Waals surface area contributed by atoms with E-state index in [0.717, 1.165) is 49.8 Å². The van der Waals surface area contributed by atoms with E-state index in [9.17, 15) is 0 Å². The largest absolute Gasteiger partial charge is 0.456 e. The number of nitrogens with zero attached hydrogens (tertiary/aromatic N) is 3. The molecule has 9 rings (SSSR count). The van der Waals surface area contributed by atoms with Gasteiger partial charge in [0.1, 0.15) is 11.2 Å². The van der Waals surface area contributed by atoms with Gasteiger partial charge in [0, 0.05) is 27.5 Å². The molecule has 45 heavy (non-hydrogen) atoms. The zero-order valence-electron chi connectivity index (χ0n) is 24.2. The van der Waals surface area contributed by atoms with Gasteiger partial charge in [0.2, 0.25) is 0 Å². The monoisotopic (exact) mass is 575 g/mol. The number of hydrogen-bond donors (Lipinski definition) is 0. The molecule has 0 aliphatic rings. The van der Waals surface area contributed by atoms with Crippen LogP contribution in [0, 0.1) is 0 Å². The van der Waals surface area contributed by atoms with Crippen molar-refractivity contribution in [3.05, 3.63) is 152 Å². The van der Waals surface area contributed by atoms with Crippen molar-refractivity contribution >= 4 is 43.5 Å². The second kappa shape index (κ2) is 10.2. The van der Waals surface area contributed by atoms with E-state index in [1.54, 1.807) is 0 Å². The lowest BCUT2D eigenvalue weighted by Crippen LogP contribution is -2.00. The maximum absolute atomic E-state index is 6.53. The van der Waals surface area contributed by atoms with Crippen LogP contribution in [0.25, 0.3) is 88.8 Å². The van der Waals surface area contributed by atoms with E-state index in [1.807, 2.05) is 78.9 Å². The topological polar surface area (TPSA) is 51.8 Å². The maximum atomic E-state index is 6.53. The number of aromatic nitrogens is 3. The van der Waals surface area contributed by atoms with E-state index in [2.05, 4.69) is 72.8 Å². The molecule has 0 spiro atoms. The third kappa shape index (κ3) is 4.27. The molecular weight excluding hydrogens is 550 g/mol. The SMILES string of the molecule is c1ccc(-c2nc(-c3ccccc3)nc(-c3cc(-c4cc5ccccc5c5ccccc45)cc4oc5ccccc5c34)n2)cc1. The molecule has 0 saturated carbocycles. The van der Waals surface area contributed by atoms with Gasteiger partial charge in [-0.1, -0.05) is 127 Å². The van der Waals surface area contributed by atoms with Crippen LogP contribution in [0.1, 0.15) is 0 Å². The van der Waals surface area contributed by atoms with Crippen molar-refractivity contribution in [1.29, 1.82) is 0 Å². The Morgan fingerprint density at radius 3 is 1.62 bits per heavy atom. The molecule has 0 N–H and O–H groups in total. The first-order chi connectivity index (χ1) is 22.3. The van der Waals surface area contributed by atoms with Gasteiger partial charge in [0.05, 0.1) is 0 Å². The highest BCUT2D eigenvalue weighted by molar-refractivity contribution is 6.17. The molecule has 0 fully saturated rings. The van der Waals surface area contributed by atoms with E-state index >= 15 is 0 Å². The third-order valence-corrected chi connectivity index (χ3v) is 8.50. The minimum atomic E-state index is 0.603. The summed E-state index contributed by atoms with van der Waals surface area (Å²) < 4.78 is 6.53. The van der Waals surface area contributed by atoms with Gasteiger partial charge < -0.3 is 4.42 Å². The lowest BCUT2D eigenvalue weighted by atomic mass is 9.91. The Kier molecular flexibility index (Phi) is 5.78. The Morgan fingerprint density at radius 2 is 0.911 bits per heavy atom. The summed E-state index contributed by atoms with van der Waals surface area (Å²) in [4.78, 5) is 15.2. The zero-order chi connectivity index (χ0) is 29.7. The molecule has 0 unspecified atom stereocenters. The number of furan rings is 1. The molecule has 9 aromatic rings. The minimum absolute atomic E-state index is 0.603. The summed E-state index contributed by atoms with van der Waals surface area (Å²) in [6.07, 6.45) is 0. The average Bonchev–Trinajstić information content (AvgIpc) is 3.50. The average molecular weight is 576 g/mol. The first kappa shape index (κ1) is 25.4. The Labute approximate surface area is 259 Å². The number of para-hydroxylation sites is 1. The van der Waals surface area contributed by atoms with Crippen LogP contribution in [-0.4, -0.2) is 15.0 Å². The Bertz CT molecular complexity index is 2480. The molecule has 0 atom stereocenters. The van der Waals surface area contributed by atoms with Crippen molar-refractivity contribution in [2.45, 2.75) is 0 Å². The fraction of sp³-hybridized carbons (Fsp3) is 0. The second-order valence-corrected chi connectivity index (χ2v) is 11.2. The van der Waals surface area contributed by atoms with E-state index < -0.39 is 0 Å². The van der Waals surface area contributed by atoms with Gasteiger partial charge in [-0.25, -0.2) is 15.0 Å². The molecule has 0 amide bonds. The fourth-order valence-electron chi connectivity index (χ4n) is 6.41. The summed E-state index contributed by atoms with van der Waals surface area (Å²) in [5.74, 6) is 1.86. The van der Waals surface area contributed by atoms with Crippen LogP contribution < -0.4 is 0 Å².